The maximum atomic E-state index is 6.07. The number of nitrogens with one attached hydrogen (secondary N) is 2. The maximum absolute atomic E-state index is 6.07. The Morgan fingerprint density at radius 1 is 1.20 bits per heavy atom. The third-order valence-corrected chi connectivity index (χ3v) is 5.26. The van der Waals surface area contributed by atoms with Crippen LogP contribution in [0.15, 0.2) is 23.3 Å². The molecule has 2 aliphatic rings. The summed E-state index contributed by atoms with van der Waals surface area (Å²) in [5, 5.41) is 6.67. The summed E-state index contributed by atoms with van der Waals surface area (Å²) in [6.45, 7) is 6.61. The summed E-state index contributed by atoms with van der Waals surface area (Å²) in [6, 6.07) is 4.01. The van der Waals surface area contributed by atoms with Gasteiger partial charge in [0.05, 0.1) is 19.3 Å². The minimum atomic E-state index is 0. The van der Waals surface area contributed by atoms with Gasteiger partial charge in [0.1, 0.15) is 6.10 Å². The van der Waals surface area contributed by atoms with Gasteiger partial charge in [-0.3, -0.25) is 0 Å². The Morgan fingerprint density at radius 3 is 2.83 bits per heavy atom. The zero-order valence-corrected chi connectivity index (χ0v) is 20.4. The van der Waals surface area contributed by atoms with Crippen LogP contribution in [-0.2, 0) is 16.0 Å². The number of rotatable bonds is 10. The van der Waals surface area contributed by atoms with Crippen LogP contribution in [0.3, 0.4) is 0 Å². The molecule has 1 aromatic heterocycles. The van der Waals surface area contributed by atoms with Gasteiger partial charge in [0, 0.05) is 38.6 Å². The van der Waals surface area contributed by atoms with E-state index in [-0.39, 0.29) is 30.1 Å². The van der Waals surface area contributed by atoms with Gasteiger partial charge in [-0.15, -0.1) is 24.0 Å². The molecule has 2 N–H and O–H groups in total. The lowest BCUT2D eigenvalue weighted by atomic mass is 9.98. The third kappa shape index (κ3) is 9.34. The van der Waals surface area contributed by atoms with Gasteiger partial charge in [-0.2, -0.15) is 0 Å². The quantitative estimate of drug-likeness (QED) is 0.207. The number of pyridine rings is 1. The zero-order chi connectivity index (χ0) is 20.2. The van der Waals surface area contributed by atoms with Gasteiger partial charge in [-0.25, -0.2) is 9.98 Å². The summed E-state index contributed by atoms with van der Waals surface area (Å²) < 4.78 is 17.2. The van der Waals surface area contributed by atoms with Crippen LogP contribution in [0.25, 0.3) is 0 Å². The highest BCUT2D eigenvalue weighted by Gasteiger charge is 2.16. The second-order valence-corrected chi connectivity index (χ2v) is 7.71. The van der Waals surface area contributed by atoms with Gasteiger partial charge in [-0.1, -0.05) is 6.42 Å². The van der Waals surface area contributed by atoms with Crippen molar-refractivity contribution >= 4 is 29.9 Å². The van der Waals surface area contributed by atoms with Crippen LogP contribution in [0.1, 0.15) is 57.4 Å². The monoisotopic (exact) mass is 532 g/mol. The van der Waals surface area contributed by atoms with E-state index in [1.165, 1.54) is 19.3 Å². The molecule has 0 spiro atoms. The molecular formula is C22H37IN4O3. The van der Waals surface area contributed by atoms with Crippen molar-refractivity contribution in [3.63, 3.8) is 0 Å². The SMILES string of the molecule is CCNC(=NCc1ccnc(OC2CCCCC2)c1)NCCCOC1CCOC1.I. The molecule has 3 rings (SSSR count). The standard InChI is InChI=1S/C22H36N4O3.HI/c1-2-23-22(25-11-6-13-28-20-10-14-27-17-20)26-16-18-9-12-24-21(15-18)29-19-7-4-3-5-8-19;/h9,12,15,19-20H,2-8,10-11,13-14,16-17H2,1H3,(H2,23,25,26);1H. The average molecular weight is 532 g/mol. The predicted molar refractivity (Wildman–Crippen MR) is 130 cm³/mol. The van der Waals surface area contributed by atoms with Gasteiger partial charge in [0.2, 0.25) is 5.88 Å². The molecule has 1 saturated heterocycles. The first-order chi connectivity index (χ1) is 14.3. The van der Waals surface area contributed by atoms with E-state index < -0.39 is 0 Å². The number of hydrogen-bond acceptors (Lipinski definition) is 5. The second kappa shape index (κ2) is 14.8. The molecule has 1 aliphatic carbocycles. The minimum Gasteiger partial charge on any atom is -0.474 e. The fourth-order valence-corrected chi connectivity index (χ4v) is 3.65. The van der Waals surface area contributed by atoms with Crippen molar-refractivity contribution in [2.24, 2.45) is 4.99 Å². The van der Waals surface area contributed by atoms with E-state index in [0.717, 1.165) is 76.0 Å². The summed E-state index contributed by atoms with van der Waals surface area (Å²) in [6.07, 6.45) is 10.5. The minimum absolute atomic E-state index is 0. The molecule has 1 atom stereocenters. The fourth-order valence-electron chi connectivity index (χ4n) is 3.65. The number of nitrogens with zero attached hydrogens (tertiary/aromatic N) is 2. The van der Waals surface area contributed by atoms with Crippen LogP contribution < -0.4 is 15.4 Å². The van der Waals surface area contributed by atoms with Gasteiger partial charge in [-0.05, 0) is 57.1 Å². The predicted octanol–water partition coefficient (Wildman–Crippen LogP) is 3.66. The molecule has 8 heteroatoms. The highest BCUT2D eigenvalue weighted by Crippen LogP contribution is 2.22. The van der Waals surface area contributed by atoms with Gasteiger partial charge in [0.15, 0.2) is 5.96 Å². The topological polar surface area (TPSA) is 77.0 Å². The van der Waals surface area contributed by atoms with Crippen molar-refractivity contribution in [3.05, 3.63) is 23.9 Å². The van der Waals surface area contributed by atoms with E-state index in [1.54, 1.807) is 0 Å². The molecule has 0 radical (unpaired) electrons. The lowest BCUT2D eigenvalue weighted by Crippen LogP contribution is -2.38. The van der Waals surface area contributed by atoms with Gasteiger partial charge >= 0.3 is 0 Å². The Balaban J connectivity index is 0.00000320. The molecule has 0 aromatic carbocycles. The largest absolute Gasteiger partial charge is 0.474 e. The van der Waals surface area contributed by atoms with E-state index in [2.05, 4.69) is 22.5 Å². The van der Waals surface area contributed by atoms with E-state index in [9.17, 15) is 0 Å². The summed E-state index contributed by atoms with van der Waals surface area (Å²) in [5.41, 5.74) is 1.10. The highest BCUT2D eigenvalue weighted by atomic mass is 127. The van der Waals surface area contributed by atoms with Crippen LogP contribution in [-0.4, -0.2) is 56.1 Å². The van der Waals surface area contributed by atoms with E-state index in [0.29, 0.717) is 12.6 Å². The first kappa shape index (κ1) is 25.1. The van der Waals surface area contributed by atoms with Crippen LogP contribution in [0.2, 0.25) is 0 Å². The third-order valence-electron chi connectivity index (χ3n) is 5.26. The number of aliphatic imine (C=N–C) groups is 1. The molecule has 1 unspecified atom stereocenters. The fraction of sp³-hybridized carbons (Fsp3) is 0.727. The highest BCUT2D eigenvalue weighted by molar-refractivity contribution is 14.0. The molecule has 2 fully saturated rings. The lowest BCUT2D eigenvalue weighted by Gasteiger charge is -2.22. The van der Waals surface area contributed by atoms with Gasteiger partial charge in [0.25, 0.3) is 0 Å². The Bertz CT molecular complexity index is 620. The van der Waals surface area contributed by atoms with Crippen molar-refractivity contribution in [2.75, 3.05) is 32.9 Å². The number of ether oxygens (including phenoxy) is 3. The van der Waals surface area contributed by atoms with Gasteiger partial charge < -0.3 is 24.8 Å². The number of aromatic nitrogens is 1. The van der Waals surface area contributed by atoms with Crippen molar-refractivity contribution in [1.82, 2.24) is 15.6 Å². The Hall–Kier alpha value is -1.13. The van der Waals surface area contributed by atoms with E-state index >= 15 is 0 Å². The molecule has 1 saturated carbocycles. The normalized spacial score (nSPS) is 19.9. The molecule has 0 bridgehead atoms. The Labute approximate surface area is 197 Å². The number of halogens is 1. The summed E-state index contributed by atoms with van der Waals surface area (Å²) in [4.78, 5) is 9.07. The van der Waals surface area contributed by atoms with Crippen LogP contribution in [0, 0.1) is 0 Å². The zero-order valence-electron chi connectivity index (χ0n) is 18.1. The van der Waals surface area contributed by atoms with Crippen LogP contribution in [0.5, 0.6) is 5.88 Å². The molecule has 1 aliphatic heterocycles. The van der Waals surface area contributed by atoms with E-state index in [4.69, 9.17) is 19.2 Å². The lowest BCUT2D eigenvalue weighted by molar-refractivity contribution is 0.0420. The smallest absolute Gasteiger partial charge is 0.213 e. The molecular weight excluding hydrogens is 495 g/mol. The second-order valence-electron chi connectivity index (χ2n) is 7.71. The Morgan fingerprint density at radius 2 is 2.07 bits per heavy atom. The van der Waals surface area contributed by atoms with Crippen molar-refractivity contribution in [1.29, 1.82) is 0 Å². The molecule has 7 nitrogen and oxygen atoms in total. The van der Waals surface area contributed by atoms with Crippen molar-refractivity contribution < 1.29 is 14.2 Å². The van der Waals surface area contributed by atoms with Crippen molar-refractivity contribution in [2.45, 2.75) is 70.6 Å². The Kier molecular flexibility index (Phi) is 12.4. The number of guanidine groups is 1. The summed E-state index contributed by atoms with van der Waals surface area (Å²) in [5.74, 6) is 1.54. The molecule has 170 valence electrons. The molecule has 2 heterocycles. The van der Waals surface area contributed by atoms with Crippen LogP contribution in [0.4, 0.5) is 0 Å². The van der Waals surface area contributed by atoms with Crippen LogP contribution >= 0.6 is 24.0 Å². The number of hydrogen-bond donors (Lipinski definition) is 2. The first-order valence-electron chi connectivity index (χ1n) is 11.2. The molecule has 0 amide bonds. The summed E-state index contributed by atoms with van der Waals surface area (Å²) in [7, 11) is 0. The first-order valence-corrected chi connectivity index (χ1v) is 11.2. The van der Waals surface area contributed by atoms with Crippen molar-refractivity contribution in [3.8, 4) is 5.88 Å². The average Bonchev–Trinajstić information content (AvgIpc) is 3.26. The maximum Gasteiger partial charge on any atom is 0.213 e. The molecule has 30 heavy (non-hydrogen) atoms. The van der Waals surface area contributed by atoms with E-state index in [1.807, 2.05) is 18.3 Å². The molecule has 1 aromatic rings. The summed E-state index contributed by atoms with van der Waals surface area (Å²) >= 11 is 0.